The summed E-state index contributed by atoms with van der Waals surface area (Å²) in [5, 5.41) is 6.76. The van der Waals surface area contributed by atoms with Crippen LogP contribution in [0.1, 0.15) is 22.3 Å². The molecular formula is C13H18N2O2. The van der Waals surface area contributed by atoms with Gasteiger partial charge in [0.25, 0.3) is 0 Å². The second kappa shape index (κ2) is 5.19. The molecule has 0 aliphatic carbocycles. The maximum Gasteiger partial charge on any atom is 0.337 e. The van der Waals surface area contributed by atoms with E-state index >= 15 is 0 Å². The first-order valence-corrected chi connectivity index (χ1v) is 5.87. The van der Waals surface area contributed by atoms with Gasteiger partial charge in [-0.3, -0.25) is 0 Å². The predicted octanol–water partition coefficient (Wildman–Crippen LogP) is 1.56. The molecule has 0 radical (unpaired) electrons. The van der Waals surface area contributed by atoms with Gasteiger partial charge in [0, 0.05) is 18.3 Å². The van der Waals surface area contributed by atoms with Crippen LogP contribution < -0.4 is 10.6 Å². The van der Waals surface area contributed by atoms with E-state index in [0.29, 0.717) is 11.6 Å². The van der Waals surface area contributed by atoms with Crippen LogP contribution in [0.5, 0.6) is 0 Å². The Labute approximate surface area is 101 Å². The second-order valence-corrected chi connectivity index (χ2v) is 4.36. The van der Waals surface area contributed by atoms with E-state index in [4.69, 9.17) is 4.74 Å². The molecule has 92 valence electrons. The van der Waals surface area contributed by atoms with Crippen molar-refractivity contribution in [1.29, 1.82) is 0 Å². The molecule has 1 aromatic carbocycles. The van der Waals surface area contributed by atoms with E-state index in [1.165, 1.54) is 7.11 Å². The lowest BCUT2D eigenvalue weighted by atomic mass is 10.1. The Morgan fingerprint density at radius 3 is 3.00 bits per heavy atom. The first-order chi connectivity index (χ1) is 8.20. The van der Waals surface area contributed by atoms with Crippen LogP contribution in [0, 0.1) is 6.92 Å². The third-order valence-corrected chi connectivity index (χ3v) is 3.08. The normalized spacial score (nSPS) is 19.1. The maximum absolute atomic E-state index is 11.5. The van der Waals surface area contributed by atoms with Gasteiger partial charge in [-0.2, -0.15) is 0 Å². The third kappa shape index (κ3) is 2.77. The van der Waals surface area contributed by atoms with Crippen LogP contribution in [0.25, 0.3) is 0 Å². The van der Waals surface area contributed by atoms with Crippen molar-refractivity contribution >= 4 is 11.7 Å². The molecule has 4 nitrogen and oxygen atoms in total. The van der Waals surface area contributed by atoms with Gasteiger partial charge in [0.05, 0.1) is 12.7 Å². The Balaban J connectivity index is 2.16. The zero-order valence-electron chi connectivity index (χ0n) is 10.2. The highest BCUT2D eigenvalue weighted by Crippen LogP contribution is 2.19. The van der Waals surface area contributed by atoms with Gasteiger partial charge in [-0.25, -0.2) is 4.79 Å². The Kier molecular flexibility index (Phi) is 3.64. The summed E-state index contributed by atoms with van der Waals surface area (Å²) in [5.74, 6) is -0.294. The number of anilines is 1. The smallest absolute Gasteiger partial charge is 0.337 e. The van der Waals surface area contributed by atoms with Gasteiger partial charge in [-0.05, 0) is 37.6 Å². The first kappa shape index (κ1) is 11.9. The van der Waals surface area contributed by atoms with Crippen LogP contribution in [0.3, 0.4) is 0 Å². The third-order valence-electron chi connectivity index (χ3n) is 3.08. The zero-order valence-corrected chi connectivity index (χ0v) is 10.2. The largest absolute Gasteiger partial charge is 0.465 e. The van der Waals surface area contributed by atoms with Crippen molar-refractivity contribution in [3.05, 3.63) is 29.3 Å². The van der Waals surface area contributed by atoms with Crippen molar-refractivity contribution in [2.24, 2.45) is 0 Å². The van der Waals surface area contributed by atoms with Crippen molar-refractivity contribution in [2.45, 2.75) is 19.4 Å². The summed E-state index contributed by atoms with van der Waals surface area (Å²) in [6.45, 7) is 4.06. The minimum absolute atomic E-state index is 0.294. The van der Waals surface area contributed by atoms with Crippen molar-refractivity contribution < 1.29 is 9.53 Å². The molecule has 1 saturated heterocycles. The van der Waals surface area contributed by atoms with Gasteiger partial charge < -0.3 is 15.4 Å². The highest BCUT2D eigenvalue weighted by molar-refractivity contribution is 5.90. The molecule has 0 aromatic heterocycles. The molecule has 1 aromatic rings. The van der Waals surface area contributed by atoms with Crippen LogP contribution in [-0.4, -0.2) is 32.2 Å². The van der Waals surface area contributed by atoms with Gasteiger partial charge in [-0.1, -0.05) is 6.07 Å². The number of nitrogens with one attached hydrogen (secondary N) is 2. The summed E-state index contributed by atoms with van der Waals surface area (Å²) in [4.78, 5) is 11.5. The molecule has 1 fully saturated rings. The van der Waals surface area contributed by atoms with Crippen LogP contribution in [-0.2, 0) is 4.74 Å². The second-order valence-electron chi connectivity index (χ2n) is 4.36. The molecule has 1 aliphatic rings. The van der Waals surface area contributed by atoms with Crippen LogP contribution in [0.4, 0.5) is 5.69 Å². The number of aryl methyl sites for hydroxylation is 1. The molecule has 0 amide bonds. The fourth-order valence-corrected chi connectivity index (χ4v) is 2.02. The van der Waals surface area contributed by atoms with Crippen LogP contribution in [0.2, 0.25) is 0 Å². The number of hydrogen-bond donors (Lipinski definition) is 2. The van der Waals surface area contributed by atoms with Crippen molar-refractivity contribution in [3.8, 4) is 0 Å². The molecule has 0 spiro atoms. The monoisotopic (exact) mass is 234 g/mol. The molecule has 17 heavy (non-hydrogen) atoms. The molecule has 2 N–H and O–H groups in total. The predicted molar refractivity (Wildman–Crippen MR) is 67.4 cm³/mol. The highest BCUT2D eigenvalue weighted by atomic mass is 16.5. The number of carbonyl (C=O) groups excluding carboxylic acids is 1. The summed E-state index contributed by atoms with van der Waals surface area (Å²) in [7, 11) is 1.40. The average Bonchev–Trinajstić information content (AvgIpc) is 2.84. The summed E-state index contributed by atoms with van der Waals surface area (Å²) < 4.78 is 4.72. The van der Waals surface area contributed by atoms with E-state index in [1.807, 2.05) is 19.1 Å². The molecule has 1 atom stereocenters. The Hall–Kier alpha value is -1.55. The van der Waals surface area contributed by atoms with Gasteiger partial charge in [0.15, 0.2) is 0 Å². The topological polar surface area (TPSA) is 50.4 Å². The lowest BCUT2D eigenvalue weighted by molar-refractivity contribution is 0.0601. The SMILES string of the molecule is COC(=O)c1ccc(C)c(NC2CCNC2)c1. The number of hydrogen-bond acceptors (Lipinski definition) is 4. The standard InChI is InChI=1S/C13H18N2O2/c1-9-3-4-10(13(16)17-2)7-12(9)15-11-5-6-14-8-11/h3-4,7,11,14-15H,5-6,8H2,1-2H3. The summed E-state index contributed by atoms with van der Waals surface area (Å²) >= 11 is 0. The summed E-state index contributed by atoms with van der Waals surface area (Å²) in [5.41, 5.74) is 2.75. The van der Waals surface area contributed by atoms with E-state index in [1.54, 1.807) is 6.07 Å². The molecule has 1 aliphatic heterocycles. The van der Waals surface area contributed by atoms with Gasteiger partial charge >= 0.3 is 5.97 Å². The lowest BCUT2D eigenvalue weighted by Crippen LogP contribution is -2.22. The van der Waals surface area contributed by atoms with E-state index in [0.717, 1.165) is 30.8 Å². The Morgan fingerprint density at radius 2 is 2.35 bits per heavy atom. The molecule has 1 heterocycles. The number of esters is 1. The number of ether oxygens (including phenoxy) is 1. The molecule has 2 rings (SSSR count). The van der Waals surface area contributed by atoms with Crippen LogP contribution in [0.15, 0.2) is 18.2 Å². The maximum atomic E-state index is 11.5. The van der Waals surface area contributed by atoms with Crippen molar-refractivity contribution in [2.75, 3.05) is 25.5 Å². The minimum Gasteiger partial charge on any atom is -0.465 e. The molecule has 4 heteroatoms. The van der Waals surface area contributed by atoms with Crippen LogP contribution >= 0.6 is 0 Å². The van der Waals surface area contributed by atoms with E-state index in [9.17, 15) is 4.79 Å². The van der Waals surface area contributed by atoms with Gasteiger partial charge in [0.2, 0.25) is 0 Å². The molecular weight excluding hydrogens is 216 g/mol. The molecule has 1 unspecified atom stereocenters. The number of carbonyl (C=O) groups is 1. The highest BCUT2D eigenvalue weighted by Gasteiger charge is 2.15. The zero-order chi connectivity index (χ0) is 12.3. The van der Waals surface area contributed by atoms with Crippen molar-refractivity contribution in [1.82, 2.24) is 5.32 Å². The fraction of sp³-hybridized carbons (Fsp3) is 0.462. The van der Waals surface area contributed by atoms with E-state index in [-0.39, 0.29) is 5.97 Å². The van der Waals surface area contributed by atoms with Crippen molar-refractivity contribution in [3.63, 3.8) is 0 Å². The average molecular weight is 234 g/mol. The number of benzene rings is 1. The first-order valence-electron chi connectivity index (χ1n) is 5.87. The number of rotatable bonds is 3. The number of methoxy groups -OCH3 is 1. The molecule has 0 saturated carbocycles. The minimum atomic E-state index is -0.294. The Bertz CT molecular complexity index is 412. The quantitative estimate of drug-likeness (QED) is 0.779. The van der Waals surface area contributed by atoms with E-state index in [2.05, 4.69) is 10.6 Å². The molecule has 0 bridgehead atoms. The van der Waals surface area contributed by atoms with Gasteiger partial charge in [-0.15, -0.1) is 0 Å². The summed E-state index contributed by atoms with van der Waals surface area (Å²) in [6.07, 6.45) is 1.11. The fourth-order valence-electron chi connectivity index (χ4n) is 2.02. The lowest BCUT2D eigenvalue weighted by Gasteiger charge is -2.15. The Morgan fingerprint density at radius 1 is 1.53 bits per heavy atom. The van der Waals surface area contributed by atoms with Gasteiger partial charge in [0.1, 0.15) is 0 Å². The van der Waals surface area contributed by atoms with E-state index < -0.39 is 0 Å². The summed E-state index contributed by atoms with van der Waals surface area (Å²) in [6, 6.07) is 6.04.